The number of fused-ring (bicyclic) bond motifs is 2. The molecule has 1 aliphatic carbocycles. The average molecular weight is 281 g/mol. The first-order valence-electron chi connectivity index (χ1n) is 6.75. The van der Waals surface area contributed by atoms with E-state index in [0.717, 1.165) is 5.69 Å². The van der Waals surface area contributed by atoms with Gasteiger partial charge in [-0.25, -0.2) is 0 Å². The van der Waals surface area contributed by atoms with E-state index in [0.29, 0.717) is 12.1 Å². The van der Waals surface area contributed by atoms with Crippen molar-refractivity contribution in [2.24, 2.45) is 5.41 Å². The molecular formula is C16H15N3O2. The van der Waals surface area contributed by atoms with Crippen LogP contribution in [0.25, 0.3) is 0 Å². The molecule has 2 aliphatic rings. The highest BCUT2D eigenvalue weighted by Crippen LogP contribution is 2.51. The Hall–Kier alpha value is -2.48. The molecule has 0 saturated carbocycles. The third-order valence-corrected chi connectivity index (χ3v) is 4.35. The van der Waals surface area contributed by atoms with E-state index in [4.69, 9.17) is 0 Å². The molecule has 0 fully saturated rings. The maximum atomic E-state index is 12.8. The minimum atomic E-state index is -1.01. The lowest BCUT2D eigenvalue weighted by atomic mass is 9.63. The van der Waals surface area contributed by atoms with Crippen LogP contribution in [0.1, 0.15) is 26.0 Å². The second-order valence-corrected chi connectivity index (χ2v) is 6.27. The number of nitrogens with zero attached hydrogens (tertiary/aromatic N) is 3. The molecule has 5 nitrogen and oxygen atoms in total. The number of likely N-dealkylation sites (N-methyl/N-ethyl adjacent to an activating group) is 1. The number of nitriles is 1. The standard InChI is InChI=1S/C16H15N3O2/c1-15(2)9-16(7-10(8-17)13(15)20)12-11(5-4-6-18-12)19(3)14(16)21/h4-7H,9H2,1-3H3. The number of aromatic nitrogens is 1. The van der Waals surface area contributed by atoms with Gasteiger partial charge in [-0.2, -0.15) is 5.26 Å². The van der Waals surface area contributed by atoms with Gasteiger partial charge >= 0.3 is 0 Å². The summed E-state index contributed by atoms with van der Waals surface area (Å²) < 4.78 is 0. The van der Waals surface area contributed by atoms with Crippen molar-refractivity contribution in [2.45, 2.75) is 25.7 Å². The van der Waals surface area contributed by atoms with Gasteiger partial charge in [0.1, 0.15) is 11.5 Å². The van der Waals surface area contributed by atoms with E-state index in [1.54, 1.807) is 38.1 Å². The summed E-state index contributed by atoms with van der Waals surface area (Å²) in [5.41, 5.74) is -0.359. The van der Waals surface area contributed by atoms with Crippen LogP contribution in [0.2, 0.25) is 0 Å². The second kappa shape index (κ2) is 4.01. The Kier molecular flexibility index (Phi) is 2.58. The van der Waals surface area contributed by atoms with Crippen LogP contribution in [0, 0.1) is 16.7 Å². The Morgan fingerprint density at radius 1 is 1.38 bits per heavy atom. The Morgan fingerprint density at radius 2 is 2.10 bits per heavy atom. The van der Waals surface area contributed by atoms with Crippen molar-refractivity contribution in [3.8, 4) is 6.07 Å². The van der Waals surface area contributed by atoms with Gasteiger partial charge in [0, 0.05) is 18.7 Å². The number of ketones is 1. The Labute approximate surface area is 122 Å². The SMILES string of the molecule is CN1C(=O)C2(C=C(C#N)C(=O)C(C)(C)C2)c2ncccc21. The van der Waals surface area contributed by atoms with Crippen molar-refractivity contribution >= 4 is 17.4 Å². The molecule has 3 rings (SSSR count). The lowest BCUT2D eigenvalue weighted by molar-refractivity contribution is -0.128. The minimum Gasteiger partial charge on any atom is -0.313 e. The van der Waals surface area contributed by atoms with Crippen LogP contribution in [0.15, 0.2) is 30.0 Å². The molecule has 21 heavy (non-hydrogen) atoms. The van der Waals surface area contributed by atoms with Gasteiger partial charge in [-0.1, -0.05) is 13.8 Å². The Morgan fingerprint density at radius 3 is 2.76 bits per heavy atom. The zero-order chi connectivity index (χ0) is 15.4. The van der Waals surface area contributed by atoms with E-state index >= 15 is 0 Å². The number of hydrogen-bond donors (Lipinski definition) is 0. The molecule has 0 radical (unpaired) electrons. The molecule has 0 saturated heterocycles. The number of hydrogen-bond acceptors (Lipinski definition) is 4. The fourth-order valence-corrected chi connectivity index (χ4v) is 3.40. The zero-order valence-electron chi connectivity index (χ0n) is 12.2. The van der Waals surface area contributed by atoms with Crippen molar-refractivity contribution in [3.63, 3.8) is 0 Å². The summed E-state index contributed by atoms with van der Waals surface area (Å²) in [4.78, 5) is 31.0. The molecule has 1 unspecified atom stereocenters. The van der Waals surface area contributed by atoms with Crippen molar-refractivity contribution in [3.05, 3.63) is 35.7 Å². The molecular weight excluding hydrogens is 266 g/mol. The maximum Gasteiger partial charge on any atom is 0.243 e. The monoisotopic (exact) mass is 281 g/mol. The number of rotatable bonds is 0. The fraction of sp³-hybridized carbons (Fsp3) is 0.375. The molecule has 2 heterocycles. The normalized spacial score (nSPS) is 26.6. The van der Waals surface area contributed by atoms with Crippen LogP contribution in [0.3, 0.4) is 0 Å². The van der Waals surface area contributed by atoms with Gasteiger partial charge < -0.3 is 4.90 Å². The first kappa shape index (κ1) is 13.5. The van der Waals surface area contributed by atoms with E-state index in [9.17, 15) is 14.9 Å². The van der Waals surface area contributed by atoms with Crippen molar-refractivity contribution < 1.29 is 9.59 Å². The van der Waals surface area contributed by atoms with Crippen molar-refractivity contribution in [1.82, 2.24) is 4.98 Å². The Balaban J connectivity index is 2.32. The van der Waals surface area contributed by atoms with E-state index < -0.39 is 10.8 Å². The van der Waals surface area contributed by atoms with Gasteiger partial charge in [0.25, 0.3) is 0 Å². The number of carbonyl (C=O) groups is 2. The minimum absolute atomic E-state index is 0.0477. The van der Waals surface area contributed by atoms with Crippen molar-refractivity contribution in [1.29, 1.82) is 5.26 Å². The molecule has 1 aromatic heterocycles. The van der Waals surface area contributed by atoms with Gasteiger partial charge in [-0.15, -0.1) is 0 Å². The lowest BCUT2D eigenvalue weighted by Crippen LogP contribution is -2.46. The molecule has 0 bridgehead atoms. The largest absolute Gasteiger partial charge is 0.313 e. The highest BCUT2D eigenvalue weighted by Gasteiger charge is 2.56. The highest BCUT2D eigenvalue weighted by atomic mass is 16.2. The lowest BCUT2D eigenvalue weighted by Gasteiger charge is -2.37. The van der Waals surface area contributed by atoms with Crippen LogP contribution >= 0.6 is 0 Å². The first-order valence-corrected chi connectivity index (χ1v) is 6.75. The zero-order valence-corrected chi connectivity index (χ0v) is 12.2. The summed E-state index contributed by atoms with van der Waals surface area (Å²) in [7, 11) is 1.70. The maximum absolute atomic E-state index is 12.8. The average Bonchev–Trinajstić information content (AvgIpc) is 2.66. The molecule has 1 spiro atoms. The molecule has 0 N–H and O–H groups in total. The van der Waals surface area contributed by atoms with Gasteiger partial charge in [-0.05, 0) is 24.6 Å². The van der Waals surface area contributed by atoms with Crippen molar-refractivity contribution in [2.75, 3.05) is 11.9 Å². The first-order chi connectivity index (χ1) is 9.83. The topological polar surface area (TPSA) is 74.1 Å². The molecule has 1 atom stereocenters. The van der Waals surface area contributed by atoms with Crippen LogP contribution < -0.4 is 4.90 Å². The summed E-state index contributed by atoms with van der Waals surface area (Å²) in [6, 6.07) is 5.54. The van der Waals surface area contributed by atoms with Gasteiger partial charge in [0.2, 0.25) is 5.91 Å². The predicted molar refractivity (Wildman–Crippen MR) is 76.4 cm³/mol. The smallest absolute Gasteiger partial charge is 0.243 e. The van der Waals surface area contributed by atoms with Gasteiger partial charge in [0.15, 0.2) is 5.78 Å². The third-order valence-electron chi connectivity index (χ3n) is 4.35. The quantitative estimate of drug-likeness (QED) is 0.726. The van der Waals surface area contributed by atoms with Gasteiger partial charge in [0.05, 0.1) is 17.0 Å². The van der Waals surface area contributed by atoms with Crippen LogP contribution in [-0.4, -0.2) is 23.7 Å². The van der Waals surface area contributed by atoms with Crippen LogP contribution in [0.4, 0.5) is 5.69 Å². The molecule has 5 heteroatoms. The number of carbonyl (C=O) groups excluding carboxylic acids is 2. The summed E-state index contributed by atoms with van der Waals surface area (Å²) >= 11 is 0. The summed E-state index contributed by atoms with van der Waals surface area (Å²) in [5, 5.41) is 9.25. The number of anilines is 1. The predicted octanol–water partition coefficient (Wildman–Crippen LogP) is 1.74. The summed E-state index contributed by atoms with van der Waals surface area (Å²) in [6.07, 6.45) is 3.48. The van der Waals surface area contributed by atoms with Crippen LogP contribution in [0.5, 0.6) is 0 Å². The molecule has 0 aromatic carbocycles. The Bertz CT molecular complexity index is 742. The fourth-order valence-electron chi connectivity index (χ4n) is 3.40. The van der Waals surface area contributed by atoms with Crippen LogP contribution in [-0.2, 0) is 15.0 Å². The number of Topliss-reactive ketones (excluding diaryl/α,β-unsaturated/α-hetero) is 1. The summed E-state index contributed by atoms with van der Waals surface area (Å²) in [5.74, 6) is -0.347. The summed E-state index contributed by atoms with van der Waals surface area (Å²) in [6.45, 7) is 3.55. The second-order valence-electron chi connectivity index (χ2n) is 6.27. The number of allylic oxidation sites excluding steroid dienone is 1. The molecule has 1 aliphatic heterocycles. The molecule has 1 amide bonds. The number of amides is 1. The van der Waals surface area contributed by atoms with E-state index in [2.05, 4.69) is 4.98 Å². The van der Waals surface area contributed by atoms with E-state index in [1.807, 2.05) is 12.1 Å². The highest BCUT2D eigenvalue weighted by molar-refractivity contribution is 6.13. The molecule has 106 valence electrons. The third kappa shape index (κ3) is 1.59. The number of pyridine rings is 1. The van der Waals surface area contributed by atoms with E-state index in [1.165, 1.54) is 6.08 Å². The molecule has 1 aromatic rings. The van der Waals surface area contributed by atoms with Gasteiger partial charge in [-0.3, -0.25) is 14.6 Å². The van der Waals surface area contributed by atoms with E-state index in [-0.39, 0.29) is 17.3 Å².